The van der Waals surface area contributed by atoms with E-state index in [1.807, 2.05) is 0 Å². The van der Waals surface area contributed by atoms with Crippen molar-refractivity contribution in [1.82, 2.24) is 5.32 Å². The van der Waals surface area contributed by atoms with Gasteiger partial charge in [0.1, 0.15) is 0 Å². The SMILES string of the molecule is CC(CSC(=O)[C@H]1CCCN1)C(=O)O. The molecule has 0 aromatic carbocycles. The Balaban J connectivity index is 2.23. The van der Waals surface area contributed by atoms with Gasteiger partial charge in [-0.05, 0) is 19.4 Å². The highest BCUT2D eigenvalue weighted by Gasteiger charge is 2.23. The quantitative estimate of drug-likeness (QED) is 0.726. The van der Waals surface area contributed by atoms with E-state index in [1.54, 1.807) is 6.92 Å². The molecule has 2 N–H and O–H groups in total. The van der Waals surface area contributed by atoms with Crippen molar-refractivity contribution in [2.24, 2.45) is 5.92 Å². The lowest BCUT2D eigenvalue weighted by Crippen LogP contribution is -2.29. The van der Waals surface area contributed by atoms with E-state index in [0.29, 0.717) is 5.75 Å². The van der Waals surface area contributed by atoms with Crippen molar-refractivity contribution in [2.45, 2.75) is 25.8 Å². The van der Waals surface area contributed by atoms with Crippen LogP contribution in [0.15, 0.2) is 0 Å². The summed E-state index contributed by atoms with van der Waals surface area (Å²) in [5.41, 5.74) is 0. The topological polar surface area (TPSA) is 66.4 Å². The van der Waals surface area contributed by atoms with Gasteiger partial charge >= 0.3 is 5.97 Å². The van der Waals surface area contributed by atoms with Crippen molar-refractivity contribution in [2.75, 3.05) is 12.3 Å². The zero-order chi connectivity index (χ0) is 10.6. The van der Waals surface area contributed by atoms with Gasteiger partial charge in [-0.1, -0.05) is 18.7 Å². The highest BCUT2D eigenvalue weighted by Crippen LogP contribution is 2.16. The predicted octanol–water partition coefficient (Wildman–Crippen LogP) is 0.719. The van der Waals surface area contributed by atoms with E-state index in [1.165, 1.54) is 0 Å². The number of carbonyl (C=O) groups is 2. The third kappa shape index (κ3) is 3.31. The van der Waals surface area contributed by atoms with Crippen LogP contribution in [-0.4, -0.2) is 34.5 Å². The van der Waals surface area contributed by atoms with Crippen molar-refractivity contribution < 1.29 is 14.7 Å². The summed E-state index contributed by atoms with van der Waals surface area (Å²) in [6, 6.07) is -0.0546. The Labute approximate surface area is 87.4 Å². The average Bonchev–Trinajstić information content (AvgIpc) is 2.66. The van der Waals surface area contributed by atoms with E-state index >= 15 is 0 Å². The van der Waals surface area contributed by atoms with Crippen molar-refractivity contribution >= 4 is 22.8 Å². The number of hydrogen-bond acceptors (Lipinski definition) is 4. The standard InChI is InChI=1S/C9H15NO3S/c1-6(8(11)12)5-14-9(13)7-3-2-4-10-7/h6-7,10H,2-5H2,1H3,(H,11,12)/t6?,7-/m1/s1. The molecule has 0 spiro atoms. The second-order valence-corrected chi connectivity index (χ2v) is 4.54. The van der Waals surface area contributed by atoms with E-state index < -0.39 is 11.9 Å². The molecule has 1 heterocycles. The number of carbonyl (C=O) groups excluding carboxylic acids is 1. The smallest absolute Gasteiger partial charge is 0.307 e. The fourth-order valence-electron chi connectivity index (χ4n) is 1.26. The molecule has 0 aromatic heterocycles. The molecular formula is C9H15NO3S. The number of nitrogens with one attached hydrogen (secondary N) is 1. The van der Waals surface area contributed by atoms with Gasteiger partial charge in [0.15, 0.2) is 0 Å². The molecule has 0 aromatic rings. The van der Waals surface area contributed by atoms with E-state index in [0.717, 1.165) is 31.1 Å². The van der Waals surface area contributed by atoms with Crippen LogP contribution in [-0.2, 0) is 9.59 Å². The Hall–Kier alpha value is -0.550. The van der Waals surface area contributed by atoms with Gasteiger partial charge in [-0.25, -0.2) is 0 Å². The minimum atomic E-state index is -0.843. The molecule has 0 bridgehead atoms. The third-order valence-electron chi connectivity index (χ3n) is 2.24. The molecule has 0 aliphatic carbocycles. The molecule has 0 amide bonds. The number of thioether (sulfide) groups is 1. The molecule has 1 rings (SSSR count). The Morgan fingerprint density at radius 3 is 2.86 bits per heavy atom. The minimum Gasteiger partial charge on any atom is -0.481 e. The molecule has 1 fully saturated rings. The van der Waals surface area contributed by atoms with Gasteiger partial charge in [0.25, 0.3) is 0 Å². The number of rotatable bonds is 4. The summed E-state index contributed by atoms with van der Waals surface area (Å²) in [5.74, 6) is -0.929. The number of carboxylic acid groups (broad SMARTS) is 1. The van der Waals surface area contributed by atoms with Gasteiger partial charge in [0, 0.05) is 5.75 Å². The van der Waals surface area contributed by atoms with Gasteiger partial charge in [-0.15, -0.1) is 0 Å². The molecule has 1 aliphatic rings. The maximum Gasteiger partial charge on any atom is 0.307 e. The largest absolute Gasteiger partial charge is 0.481 e. The first-order valence-corrected chi connectivity index (χ1v) is 5.72. The molecule has 2 atom stereocenters. The van der Waals surface area contributed by atoms with Crippen LogP contribution in [0.1, 0.15) is 19.8 Å². The lowest BCUT2D eigenvalue weighted by atomic mass is 10.2. The molecule has 1 saturated heterocycles. The number of carboxylic acids is 1. The van der Waals surface area contributed by atoms with Gasteiger partial charge in [-0.2, -0.15) is 0 Å². The van der Waals surface area contributed by atoms with Crippen molar-refractivity contribution in [3.05, 3.63) is 0 Å². The van der Waals surface area contributed by atoms with E-state index in [2.05, 4.69) is 5.32 Å². The monoisotopic (exact) mass is 217 g/mol. The van der Waals surface area contributed by atoms with Gasteiger partial charge in [0.2, 0.25) is 5.12 Å². The highest BCUT2D eigenvalue weighted by molar-refractivity contribution is 8.13. The summed E-state index contributed by atoms with van der Waals surface area (Å²) in [4.78, 5) is 22.0. The number of hydrogen-bond donors (Lipinski definition) is 2. The molecule has 14 heavy (non-hydrogen) atoms. The lowest BCUT2D eigenvalue weighted by molar-refractivity contribution is -0.140. The zero-order valence-corrected chi connectivity index (χ0v) is 8.97. The fraction of sp³-hybridized carbons (Fsp3) is 0.778. The molecule has 4 nitrogen and oxygen atoms in total. The van der Waals surface area contributed by atoms with Crippen LogP contribution in [0.5, 0.6) is 0 Å². The normalized spacial score (nSPS) is 23.4. The summed E-state index contributed by atoms with van der Waals surface area (Å²) in [5, 5.41) is 11.8. The average molecular weight is 217 g/mol. The Kier molecular flexibility index (Phi) is 4.41. The summed E-state index contributed by atoms with van der Waals surface area (Å²) < 4.78 is 0. The van der Waals surface area contributed by atoms with Crippen molar-refractivity contribution in [1.29, 1.82) is 0 Å². The van der Waals surface area contributed by atoms with Crippen LogP contribution in [0.3, 0.4) is 0 Å². The van der Waals surface area contributed by atoms with Crippen LogP contribution in [0.4, 0.5) is 0 Å². The molecule has 5 heteroatoms. The van der Waals surface area contributed by atoms with Crippen LogP contribution in [0.25, 0.3) is 0 Å². The molecule has 0 saturated carbocycles. The Bertz CT molecular complexity index is 226. The molecule has 80 valence electrons. The highest BCUT2D eigenvalue weighted by atomic mass is 32.2. The fourth-order valence-corrected chi connectivity index (χ4v) is 2.22. The van der Waals surface area contributed by atoms with E-state index in [-0.39, 0.29) is 11.2 Å². The van der Waals surface area contributed by atoms with E-state index in [4.69, 9.17) is 5.11 Å². The van der Waals surface area contributed by atoms with Crippen LogP contribution in [0, 0.1) is 5.92 Å². The van der Waals surface area contributed by atoms with Crippen molar-refractivity contribution in [3.63, 3.8) is 0 Å². The van der Waals surface area contributed by atoms with Crippen LogP contribution >= 0.6 is 11.8 Å². The Morgan fingerprint density at radius 1 is 1.64 bits per heavy atom. The lowest BCUT2D eigenvalue weighted by Gasteiger charge is -2.09. The van der Waals surface area contributed by atoms with Crippen LogP contribution < -0.4 is 5.32 Å². The van der Waals surface area contributed by atoms with Gasteiger partial charge < -0.3 is 10.4 Å². The number of aliphatic carboxylic acids is 1. The van der Waals surface area contributed by atoms with Crippen LogP contribution in [0.2, 0.25) is 0 Å². The minimum absolute atomic E-state index is 0.0546. The second-order valence-electron chi connectivity index (χ2n) is 3.52. The third-order valence-corrected chi connectivity index (χ3v) is 3.48. The first-order valence-electron chi connectivity index (χ1n) is 4.74. The van der Waals surface area contributed by atoms with Crippen molar-refractivity contribution in [3.8, 4) is 0 Å². The molecule has 0 radical (unpaired) electrons. The predicted molar refractivity (Wildman–Crippen MR) is 55.3 cm³/mol. The summed E-state index contributed by atoms with van der Waals surface area (Å²) >= 11 is 1.13. The molecule has 1 unspecified atom stereocenters. The van der Waals surface area contributed by atoms with Gasteiger partial charge in [0.05, 0.1) is 12.0 Å². The molecular weight excluding hydrogens is 202 g/mol. The first-order chi connectivity index (χ1) is 6.61. The molecule has 1 aliphatic heterocycles. The Morgan fingerprint density at radius 2 is 2.36 bits per heavy atom. The zero-order valence-electron chi connectivity index (χ0n) is 8.16. The maximum atomic E-state index is 11.5. The van der Waals surface area contributed by atoms with E-state index in [9.17, 15) is 9.59 Å². The summed E-state index contributed by atoms with van der Waals surface area (Å²) in [6.45, 7) is 2.51. The maximum absolute atomic E-state index is 11.5. The van der Waals surface area contributed by atoms with Gasteiger partial charge in [-0.3, -0.25) is 9.59 Å². The second kappa shape index (κ2) is 5.36. The summed E-state index contributed by atoms with van der Waals surface area (Å²) in [7, 11) is 0. The summed E-state index contributed by atoms with van der Waals surface area (Å²) in [6.07, 6.45) is 1.92. The first kappa shape index (κ1) is 11.5.